The predicted molar refractivity (Wildman–Crippen MR) is 85.4 cm³/mol. The van der Waals surface area contributed by atoms with Crippen molar-refractivity contribution in [2.24, 2.45) is 0 Å². The zero-order valence-corrected chi connectivity index (χ0v) is 12.5. The Balaban J connectivity index is 2.10. The monoisotopic (exact) mass is 310 g/mol. The maximum absolute atomic E-state index is 13.8. The Bertz CT molecular complexity index is 857. The summed E-state index contributed by atoms with van der Waals surface area (Å²) in [6.45, 7) is 1.44. The molecule has 0 saturated heterocycles. The highest BCUT2D eigenvalue weighted by atomic mass is 19.1. The second kappa shape index (κ2) is 6.04. The van der Waals surface area contributed by atoms with E-state index in [0.29, 0.717) is 22.5 Å². The van der Waals surface area contributed by atoms with Gasteiger partial charge < -0.3 is 5.11 Å². The van der Waals surface area contributed by atoms with E-state index in [0.717, 1.165) is 5.56 Å². The maximum Gasteiger partial charge on any atom is 0.325 e. The SMILES string of the molecule is Cc1ccc(-c2cc(-c3ccccc3)n(CC(=O)O)n2)cc1F. The van der Waals surface area contributed by atoms with Crippen LogP contribution in [0.15, 0.2) is 54.6 Å². The zero-order chi connectivity index (χ0) is 16.4. The molecule has 1 heterocycles. The molecule has 0 unspecified atom stereocenters. The summed E-state index contributed by atoms with van der Waals surface area (Å²) in [6, 6.07) is 16.1. The highest BCUT2D eigenvalue weighted by Crippen LogP contribution is 2.27. The number of rotatable bonds is 4. The van der Waals surface area contributed by atoms with Gasteiger partial charge in [-0.3, -0.25) is 9.48 Å². The summed E-state index contributed by atoms with van der Waals surface area (Å²) in [5.74, 6) is -1.29. The van der Waals surface area contributed by atoms with Gasteiger partial charge in [0.05, 0.1) is 11.4 Å². The molecule has 3 aromatic rings. The third kappa shape index (κ3) is 3.13. The van der Waals surface area contributed by atoms with Crippen molar-refractivity contribution in [2.45, 2.75) is 13.5 Å². The van der Waals surface area contributed by atoms with E-state index in [1.54, 1.807) is 25.1 Å². The van der Waals surface area contributed by atoms with E-state index in [4.69, 9.17) is 5.11 Å². The summed E-state index contributed by atoms with van der Waals surface area (Å²) in [4.78, 5) is 11.1. The number of aliphatic carboxylic acids is 1. The van der Waals surface area contributed by atoms with Gasteiger partial charge in [-0.2, -0.15) is 5.10 Å². The lowest BCUT2D eigenvalue weighted by Gasteiger charge is -2.04. The summed E-state index contributed by atoms with van der Waals surface area (Å²) < 4.78 is 15.2. The number of halogens is 1. The molecule has 0 aliphatic rings. The Labute approximate surface area is 132 Å². The molecule has 5 heteroatoms. The third-order valence-electron chi connectivity index (χ3n) is 3.60. The van der Waals surface area contributed by atoms with Gasteiger partial charge in [0.2, 0.25) is 0 Å². The number of nitrogens with zero attached hydrogens (tertiary/aromatic N) is 2. The first-order valence-corrected chi connectivity index (χ1v) is 7.16. The quantitative estimate of drug-likeness (QED) is 0.798. The van der Waals surface area contributed by atoms with Gasteiger partial charge in [0.1, 0.15) is 12.4 Å². The topological polar surface area (TPSA) is 55.1 Å². The van der Waals surface area contributed by atoms with Crippen LogP contribution in [0.2, 0.25) is 0 Å². The smallest absolute Gasteiger partial charge is 0.325 e. The van der Waals surface area contributed by atoms with E-state index in [-0.39, 0.29) is 12.4 Å². The summed E-state index contributed by atoms with van der Waals surface area (Å²) >= 11 is 0. The van der Waals surface area contributed by atoms with Gasteiger partial charge in [-0.25, -0.2) is 4.39 Å². The number of carboxylic acid groups (broad SMARTS) is 1. The number of aromatic nitrogens is 2. The van der Waals surface area contributed by atoms with E-state index in [1.807, 2.05) is 30.3 Å². The molecule has 0 saturated carbocycles. The minimum atomic E-state index is -0.980. The van der Waals surface area contributed by atoms with Crippen molar-refractivity contribution in [3.63, 3.8) is 0 Å². The van der Waals surface area contributed by atoms with Gasteiger partial charge in [0.25, 0.3) is 0 Å². The normalized spacial score (nSPS) is 10.7. The van der Waals surface area contributed by atoms with Gasteiger partial charge in [-0.05, 0) is 30.2 Å². The summed E-state index contributed by atoms with van der Waals surface area (Å²) in [6.07, 6.45) is 0. The largest absolute Gasteiger partial charge is 0.480 e. The van der Waals surface area contributed by atoms with Crippen molar-refractivity contribution < 1.29 is 14.3 Å². The molecular weight excluding hydrogens is 295 g/mol. The number of aryl methyl sites for hydroxylation is 1. The Hall–Kier alpha value is -2.95. The van der Waals surface area contributed by atoms with E-state index in [1.165, 1.54) is 10.7 Å². The molecule has 0 spiro atoms. The third-order valence-corrected chi connectivity index (χ3v) is 3.60. The van der Waals surface area contributed by atoms with Crippen LogP contribution >= 0.6 is 0 Å². The summed E-state index contributed by atoms with van der Waals surface area (Å²) in [5, 5.41) is 13.4. The number of hydrogen-bond acceptors (Lipinski definition) is 2. The average molecular weight is 310 g/mol. The first-order chi connectivity index (χ1) is 11.0. The van der Waals surface area contributed by atoms with Crippen molar-refractivity contribution in [1.82, 2.24) is 9.78 Å². The van der Waals surface area contributed by atoms with Crippen LogP contribution in [0.5, 0.6) is 0 Å². The molecule has 23 heavy (non-hydrogen) atoms. The Morgan fingerprint density at radius 2 is 1.87 bits per heavy atom. The highest BCUT2D eigenvalue weighted by Gasteiger charge is 2.14. The maximum atomic E-state index is 13.8. The van der Waals surface area contributed by atoms with Gasteiger partial charge in [-0.15, -0.1) is 0 Å². The Kier molecular flexibility index (Phi) is 3.93. The fraction of sp³-hybridized carbons (Fsp3) is 0.111. The van der Waals surface area contributed by atoms with Gasteiger partial charge >= 0.3 is 5.97 Å². The molecule has 1 aromatic heterocycles. The van der Waals surface area contributed by atoms with Crippen molar-refractivity contribution in [2.75, 3.05) is 0 Å². The average Bonchev–Trinajstić information content (AvgIpc) is 2.94. The number of benzene rings is 2. The van der Waals surface area contributed by atoms with Gasteiger partial charge in [0.15, 0.2) is 0 Å². The van der Waals surface area contributed by atoms with Crippen LogP contribution in [0.4, 0.5) is 4.39 Å². The lowest BCUT2D eigenvalue weighted by atomic mass is 10.1. The Morgan fingerprint density at radius 3 is 2.52 bits per heavy atom. The molecule has 116 valence electrons. The summed E-state index contributed by atoms with van der Waals surface area (Å²) in [5.41, 5.74) is 3.27. The predicted octanol–water partition coefficient (Wildman–Crippen LogP) is 3.75. The van der Waals surface area contributed by atoms with Crippen molar-refractivity contribution in [1.29, 1.82) is 0 Å². The molecule has 3 rings (SSSR count). The van der Waals surface area contributed by atoms with Gasteiger partial charge in [-0.1, -0.05) is 42.5 Å². The molecule has 0 atom stereocenters. The molecule has 0 aliphatic heterocycles. The van der Waals surface area contributed by atoms with E-state index >= 15 is 0 Å². The number of carboxylic acids is 1. The molecule has 2 aromatic carbocycles. The Morgan fingerprint density at radius 1 is 1.13 bits per heavy atom. The van der Waals surface area contributed by atoms with Crippen LogP contribution in [0.25, 0.3) is 22.5 Å². The second-order valence-electron chi connectivity index (χ2n) is 5.30. The van der Waals surface area contributed by atoms with E-state index in [9.17, 15) is 9.18 Å². The van der Waals surface area contributed by atoms with Crippen molar-refractivity contribution in [3.05, 3.63) is 66.0 Å². The van der Waals surface area contributed by atoms with Gasteiger partial charge in [0, 0.05) is 5.56 Å². The molecule has 0 radical (unpaired) electrons. The van der Waals surface area contributed by atoms with Crippen LogP contribution in [0.3, 0.4) is 0 Å². The van der Waals surface area contributed by atoms with Crippen LogP contribution in [0.1, 0.15) is 5.56 Å². The molecule has 0 aliphatic carbocycles. The lowest BCUT2D eigenvalue weighted by Crippen LogP contribution is -2.11. The fourth-order valence-corrected chi connectivity index (χ4v) is 2.40. The number of carbonyl (C=O) groups is 1. The molecule has 0 bridgehead atoms. The second-order valence-corrected chi connectivity index (χ2v) is 5.30. The number of hydrogen-bond donors (Lipinski definition) is 1. The molecular formula is C18H15FN2O2. The molecule has 0 fully saturated rings. The minimum Gasteiger partial charge on any atom is -0.480 e. The van der Waals surface area contributed by atoms with Crippen LogP contribution < -0.4 is 0 Å². The zero-order valence-electron chi connectivity index (χ0n) is 12.5. The molecule has 0 amide bonds. The minimum absolute atomic E-state index is 0.251. The van der Waals surface area contributed by atoms with Crippen molar-refractivity contribution >= 4 is 5.97 Å². The highest BCUT2D eigenvalue weighted by molar-refractivity contribution is 5.72. The van der Waals surface area contributed by atoms with E-state index < -0.39 is 5.97 Å². The van der Waals surface area contributed by atoms with Crippen LogP contribution in [-0.2, 0) is 11.3 Å². The summed E-state index contributed by atoms with van der Waals surface area (Å²) in [7, 11) is 0. The molecule has 4 nitrogen and oxygen atoms in total. The van der Waals surface area contributed by atoms with Crippen molar-refractivity contribution in [3.8, 4) is 22.5 Å². The van der Waals surface area contributed by atoms with E-state index in [2.05, 4.69) is 5.10 Å². The molecule has 1 N–H and O–H groups in total. The fourth-order valence-electron chi connectivity index (χ4n) is 2.40. The van der Waals surface area contributed by atoms with Crippen LogP contribution in [0, 0.1) is 12.7 Å². The van der Waals surface area contributed by atoms with Crippen LogP contribution in [-0.4, -0.2) is 20.9 Å². The lowest BCUT2D eigenvalue weighted by molar-refractivity contribution is -0.137. The standard InChI is InChI=1S/C18H15FN2O2/c1-12-7-8-14(9-15(12)19)16-10-17(13-5-3-2-4-6-13)21(20-16)11-18(22)23/h2-10H,11H2,1H3,(H,22,23). The first kappa shape index (κ1) is 15.0. The first-order valence-electron chi connectivity index (χ1n) is 7.16.